The smallest absolute Gasteiger partial charge is 0.146 e. The van der Waals surface area contributed by atoms with Gasteiger partial charge in [-0.3, -0.25) is 0 Å². The van der Waals surface area contributed by atoms with Gasteiger partial charge < -0.3 is 10.6 Å². The van der Waals surface area contributed by atoms with Crippen molar-refractivity contribution in [3.05, 3.63) is 46.2 Å². The Labute approximate surface area is 128 Å². The number of halogens is 1. The highest BCUT2D eigenvalue weighted by Gasteiger charge is 2.07. The van der Waals surface area contributed by atoms with E-state index in [0.29, 0.717) is 5.92 Å². The van der Waals surface area contributed by atoms with E-state index < -0.39 is 0 Å². The van der Waals surface area contributed by atoms with Gasteiger partial charge >= 0.3 is 0 Å². The van der Waals surface area contributed by atoms with Crippen molar-refractivity contribution in [1.82, 2.24) is 9.97 Å². The number of anilines is 2. The van der Waals surface area contributed by atoms with Crippen LogP contribution in [0, 0.1) is 0 Å². The van der Waals surface area contributed by atoms with Gasteiger partial charge in [-0.1, -0.05) is 38.1 Å². The highest BCUT2D eigenvalue weighted by molar-refractivity contribution is 9.10. The highest BCUT2D eigenvalue weighted by atomic mass is 79.9. The van der Waals surface area contributed by atoms with E-state index in [4.69, 9.17) is 0 Å². The van der Waals surface area contributed by atoms with Crippen LogP contribution in [0.3, 0.4) is 0 Å². The minimum atomic E-state index is 0.561. The molecule has 1 heterocycles. The lowest BCUT2D eigenvalue weighted by molar-refractivity contribution is 0.865. The molecule has 5 heteroatoms. The Hall–Kier alpha value is -1.62. The van der Waals surface area contributed by atoms with Crippen molar-refractivity contribution in [2.24, 2.45) is 0 Å². The zero-order chi connectivity index (χ0) is 14.5. The minimum Gasteiger partial charge on any atom is -0.372 e. The van der Waals surface area contributed by atoms with Crippen molar-refractivity contribution in [3.63, 3.8) is 0 Å². The third-order valence-corrected chi connectivity index (χ3v) is 3.88. The Morgan fingerprint density at radius 2 is 1.75 bits per heavy atom. The summed E-state index contributed by atoms with van der Waals surface area (Å²) >= 11 is 3.50. The fraction of sp³-hybridized carbons (Fsp3) is 0.333. The molecule has 0 bridgehead atoms. The summed E-state index contributed by atoms with van der Waals surface area (Å²) in [5.41, 5.74) is 2.58. The maximum atomic E-state index is 4.24. The number of nitrogens with zero attached hydrogens (tertiary/aromatic N) is 2. The van der Waals surface area contributed by atoms with Crippen molar-refractivity contribution in [2.45, 2.75) is 26.3 Å². The quantitative estimate of drug-likeness (QED) is 0.867. The van der Waals surface area contributed by atoms with Crippen molar-refractivity contribution in [1.29, 1.82) is 0 Å². The molecule has 0 atom stereocenters. The third-order valence-electron chi connectivity index (χ3n) is 3.13. The number of benzene rings is 1. The lowest BCUT2D eigenvalue weighted by Crippen LogP contribution is -2.05. The first-order valence-corrected chi connectivity index (χ1v) is 7.42. The first-order valence-electron chi connectivity index (χ1n) is 6.62. The van der Waals surface area contributed by atoms with Crippen molar-refractivity contribution in [2.75, 3.05) is 17.7 Å². The van der Waals surface area contributed by atoms with Crippen LogP contribution in [0.25, 0.3) is 0 Å². The molecule has 1 aromatic heterocycles. The van der Waals surface area contributed by atoms with Gasteiger partial charge in [-0.15, -0.1) is 0 Å². The van der Waals surface area contributed by atoms with E-state index in [-0.39, 0.29) is 0 Å². The van der Waals surface area contributed by atoms with Crippen LogP contribution in [0.2, 0.25) is 0 Å². The second-order valence-corrected chi connectivity index (χ2v) is 5.68. The van der Waals surface area contributed by atoms with Crippen LogP contribution in [-0.2, 0) is 6.54 Å². The summed E-state index contributed by atoms with van der Waals surface area (Å²) in [6, 6.07) is 8.65. The van der Waals surface area contributed by atoms with Gasteiger partial charge in [0.05, 0.1) is 0 Å². The Bertz CT molecular complexity index is 567. The van der Waals surface area contributed by atoms with Gasteiger partial charge in [0.1, 0.15) is 22.4 Å². The Morgan fingerprint density at radius 3 is 2.35 bits per heavy atom. The van der Waals surface area contributed by atoms with E-state index in [2.05, 4.69) is 74.6 Å². The second-order valence-electron chi connectivity index (χ2n) is 4.88. The third kappa shape index (κ3) is 3.48. The van der Waals surface area contributed by atoms with Crippen LogP contribution in [0.1, 0.15) is 30.9 Å². The SMILES string of the molecule is CNc1ncnc(NCc2ccc(C(C)C)cc2)c1Br. The zero-order valence-corrected chi connectivity index (χ0v) is 13.5. The largest absolute Gasteiger partial charge is 0.372 e. The fourth-order valence-electron chi connectivity index (χ4n) is 1.87. The van der Waals surface area contributed by atoms with Crippen LogP contribution in [-0.4, -0.2) is 17.0 Å². The van der Waals surface area contributed by atoms with Gasteiger partial charge in [-0.05, 0) is 33.0 Å². The van der Waals surface area contributed by atoms with Crippen LogP contribution < -0.4 is 10.6 Å². The van der Waals surface area contributed by atoms with Gasteiger partial charge in [0.15, 0.2) is 0 Å². The van der Waals surface area contributed by atoms with Crippen LogP contribution in [0.4, 0.5) is 11.6 Å². The molecule has 2 aromatic rings. The lowest BCUT2D eigenvalue weighted by Gasteiger charge is -2.11. The van der Waals surface area contributed by atoms with E-state index in [1.807, 2.05) is 7.05 Å². The van der Waals surface area contributed by atoms with E-state index in [1.54, 1.807) is 6.33 Å². The summed E-state index contributed by atoms with van der Waals surface area (Å²) in [5.74, 6) is 2.13. The molecule has 1 aromatic carbocycles. The first-order chi connectivity index (χ1) is 9.61. The lowest BCUT2D eigenvalue weighted by atomic mass is 10.0. The predicted molar refractivity (Wildman–Crippen MR) is 87.1 cm³/mol. The second kappa shape index (κ2) is 6.70. The molecule has 0 saturated carbocycles. The van der Waals surface area contributed by atoms with Gasteiger partial charge in [0, 0.05) is 13.6 Å². The molecular formula is C15H19BrN4. The highest BCUT2D eigenvalue weighted by Crippen LogP contribution is 2.26. The summed E-state index contributed by atoms with van der Waals surface area (Å²) in [7, 11) is 1.83. The molecule has 4 nitrogen and oxygen atoms in total. The molecule has 0 aliphatic carbocycles. The molecule has 0 aliphatic rings. The summed E-state index contributed by atoms with van der Waals surface area (Å²) in [5, 5.41) is 6.33. The Kier molecular flexibility index (Phi) is 4.95. The number of hydrogen-bond acceptors (Lipinski definition) is 4. The predicted octanol–water partition coefficient (Wildman–Crippen LogP) is 4.02. The fourth-order valence-corrected chi connectivity index (χ4v) is 2.42. The maximum Gasteiger partial charge on any atom is 0.146 e. The molecule has 0 saturated heterocycles. The molecule has 0 fully saturated rings. The van der Waals surface area contributed by atoms with E-state index in [0.717, 1.165) is 22.7 Å². The maximum absolute atomic E-state index is 4.24. The van der Waals surface area contributed by atoms with Crippen molar-refractivity contribution >= 4 is 27.6 Å². The molecule has 0 aliphatic heterocycles. The number of nitrogens with one attached hydrogen (secondary N) is 2. The van der Waals surface area contributed by atoms with Gasteiger partial charge in [0.25, 0.3) is 0 Å². The topological polar surface area (TPSA) is 49.8 Å². The molecule has 0 spiro atoms. The molecule has 20 heavy (non-hydrogen) atoms. The summed E-state index contributed by atoms with van der Waals surface area (Å²) in [6.45, 7) is 5.13. The number of hydrogen-bond donors (Lipinski definition) is 2. The monoisotopic (exact) mass is 334 g/mol. The molecule has 0 radical (unpaired) electrons. The van der Waals surface area contributed by atoms with Gasteiger partial charge in [-0.2, -0.15) is 0 Å². The molecule has 0 amide bonds. The van der Waals surface area contributed by atoms with E-state index in [9.17, 15) is 0 Å². The molecule has 106 valence electrons. The summed E-state index contributed by atoms with van der Waals surface area (Å²) < 4.78 is 0.848. The van der Waals surface area contributed by atoms with Crippen molar-refractivity contribution in [3.8, 4) is 0 Å². The Balaban J connectivity index is 2.05. The van der Waals surface area contributed by atoms with Gasteiger partial charge in [-0.25, -0.2) is 9.97 Å². The van der Waals surface area contributed by atoms with Crippen LogP contribution in [0.5, 0.6) is 0 Å². The van der Waals surface area contributed by atoms with E-state index in [1.165, 1.54) is 11.1 Å². The normalized spacial score (nSPS) is 10.7. The number of rotatable bonds is 5. The summed E-state index contributed by atoms with van der Waals surface area (Å²) in [4.78, 5) is 8.37. The Morgan fingerprint density at radius 1 is 1.10 bits per heavy atom. The van der Waals surface area contributed by atoms with Crippen LogP contribution in [0.15, 0.2) is 35.1 Å². The first kappa shape index (κ1) is 14.8. The standard InChI is InChI=1S/C15H19BrN4/c1-10(2)12-6-4-11(5-7-12)8-18-15-13(16)14(17-3)19-9-20-15/h4-7,9-10H,8H2,1-3H3,(H2,17,18,19,20). The zero-order valence-electron chi connectivity index (χ0n) is 11.9. The average Bonchev–Trinajstić information content (AvgIpc) is 2.46. The average molecular weight is 335 g/mol. The van der Waals surface area contributed by atoms with Crippen molar-refractivity contribution < 1.29 is 0 Å². The van der Waals surface area contributed by atoms with Crippen LogP contribution >= 0.6 is 15.9 Å². The minimum absolute atomic E-state index is 0.561. The van der Waals surface area contributed by atoms with E-state index >= 15 is 0 Å². The molecular weight excluding hydrogens is 316 g/mol. The molecule has 0 unspecified atom stereocenters. The van der Waals surface area contributed by atoms with Gasteiger partial charge in [0.2, 0.25) is 0 Å². The molecule has 2 rings (SSSR count). The summed E-state index contributed by atoms with van der Waals surface area (Å²) in [6.07, 6.45) is 1.54. The number of aromatic nitrogens is 2. The molecule has 2 N–H and O–H groups in total.